The third-order valence-corrected chi connectivity index (χ3v) is 1.91. The van der Waals surface area contributed by atoms with Crippen molar-refractivity contribution in [2.45, 2.75) is 26.4 Å². The molecule has 0 atom stereocenters. The number of nitrogens with zero attached hydrogens (tertiary/aromatic N) is 2. The van der Waals surface area contributed by atoms with Gasteiger partial charge in [-0.2, -0.15) is 0 Å². The fourth-order valence-electron chi connectivity index (χ4n) is 1.07. The molecular weight excluding hydrogens is 194 g/mol. The number of hydrogen-bond acceptors (Lipinski definition) is 6. The lowest BCUT2D eigenvalue weighted by Crippen LogP contribution is -2.30. The highest BCUT2D eigenvalue weighted by molar-refractivity contribution is 5.55. The highest BCUT2D eigenvalue weighted by Crippen LogP contribution is 2.17. The molecule has 0 amide bonds. The van der Waals surface area contributed by atoms with Crippen LogP contribution in [0, 0.1) is 6.92 Å². The number of nitrogens with two attached hydrogens (primary N) is 1. The van der Waals surface area contributed by atoms with Crippen LogP contribution in [0.1, 0.15) is 19.4 Å². The molecular formula is C9H17N5O. The molecule has 6 nitrogen and oxygen atoms in total. The van der Waals surface area contributed by atoms with E-state index < -0.39 is 5.60 Å². The molecule has 1 aromatic rings. The van der Waals surface area contributed by atoms with Gasteiger partial charge in [0.15, 0.2) is 0 Å². The zero-order valence-corrected chi connectivity index (χ0v) is 9.20. The highest BCUT2D eigenvalue weighted by atomic mass is 16.3. The second-order valence-corrected chi connectivity index (χ2v) is 4.01. The minimum Gasteiger partial charge on any atom is -0.389 e. The molecule has 0 aliphatic rings. The number of nitrogen functional groups attached to an aromatic ring is 1. The van der Waals surface area contributed by atoms with Gasteiger partial charge in [-0.3, -0.25) is 0 Å². The summed E-state index contributed by atoms with van der Waals surface area (Å²) in [5, 5.41) is 12.6. The molecule has 6 heteroatoms. The SMILES string of the molecule is Cc1c(NN)ncnc1NCC(C)(C)O. The van der Waals surface area contributed by atoms with Crippen molar-refractivity contribution in [1.82, 2.24) is 9.97 Å². The van der Waals surface area contributed by atoms with Crippen LogP contribution in [0.3, 0.4) is 0 Å². The number of anilines is 2. The summed E-state index contributed by atoms with van der Waals surface area (Å²) in [5.74, 6) is 6.52. The average molecular weight is 211 g/mol. The van der Waals surface area contributed by atoms with Crippen LogP contribution < -0.4 is 16.6 Å². The van der Waals surface area contributed by atoms with Crippen LogP contribution in [0.5, 0.6) is 0 Å². The van der Waals surface area contributed by atoms with Crippen LogP contribution in [0.15, 0.2) is 6.33 Å². The number of aliphatic hydroxyl groups is 1. The minimum absolute atomic E-state index is 0.412. The quantitative estimate of drug-likeness (QED) is 0.421. The van der Waals surface area contributed by atoms with Crippen molar-refractivity contribution < 1.29 is 5.11 Å². The first-order chi connectivity index (χ1) is 6.94. The Bertz CT molecular complexity index is 334. The molecule has 0 aromatic carbocycles. The third kappa shape index (κ3) is 3.34. The first-order valence-corrected chi connectivity index (χ1v) is 4.68. The Morgan fingerprint density at radius 1 is 1.40 bits per heavy atom. The van der Waals surface area contributed by atoms with E-state index in [0.717, 1.165) is 5.56 Å². The van der Waals surface area contributed by atoms with E-state index in [1.807, 2.05) is 6.92 Å². The average Bonchev–Trinajstić information content (AvgIpc) is 2.15. The molecule has 1 aromatic heterocycles. The summed E-state index contributed by atoms with van der Waals surface area (Å²) in [4.78, 5) is 8.01. The molecule has 1 rings (SSSR count). The molecule has 0 bridgehead atoms. The molecule has 0 aliphatic carbocycles. The largest absolute Gasteiger partial charge is 0.389 e. The molecule has 0 aliphatic heterocycles. The number of aromatic nitrogens is 2. The van der Waals surface area contributed by atoms with Gasteiger partial charge in [0.1, 0.15) is 18.0 Å². The fraction of sp³-hybridized carbons (Fsp3) is 0.556. The Hall–Kier alpha value is -1.40. The number of hydrogen-bond donors (Lipinski definition) is 4. The number of hydrazine groups is 1. The second-order valence-electron chi connectivity index (χ2n) is 4.01. The van der Waals surface area contributed by atoms with Crippen molar-refractivity contribution in [3.8, 4) is 0 Å². The molecule has 0 fully saturated rings. The number of rotatable bonds is 4. The van der Waals surface area contributed by atoms with Gasteiger partial charge in [-0.05, 0) is 20.8 Å². The predicted molar refractivity (Wildman–Crippen MR) is 59.4 cm³/mol. The van der Waals surface area contributed by atoms with Crippen molar-refractivity contribution in [3.63, 3.8) is 0 Å². The third-order valence-electron chi connectivity index (χ3n) is 1.91. The highest BCUT2D eigenvalue weighted by Gasteiger charge is 2.13. The summed E-state index contributed by atoms with van der Waals surface area (Å²) in [5.41, 5.74) is 2.52. The Morgan fingerprint density at radius 3 is 2.53 bits per heavy atom. The first kappa shape index (κ1) is 11.7. The summed E-state index contributed by atoms with van der Waals surface area (Å²) in [6, 6.07) is 0. The van der Waals surface area contributed by atoms with Gasteiger partial charge in [-0.25, -0.2) is 15.8 Å². The lowest BCUT2D eigenvalue weighted by Gasteiger charge is -2.19. The Balaban J connectivity index is 2.78. The Kier molecular flexibility index (Phi) is 3.43. The van der Waals surface area contributed by atoms with Gasteiger partial charge in [-0.1, -0.05) is 0 Å². The minimum atomic E-state index is -0.784. The molecule has 0 saturated carbocycles. The van der Waals surface area contributed by atoms with E-state index in [2.05, 4.69) is 20.7 Å². The molecule has 0 unspecified atom stereocenters. The van der Waals surface area contributed by atoms with Crippen LogP contribution >= 0.6 is 0 Å². The summed E-state index contributed by atoms with van der Waals surface area (Å²) in [6.07, 6.45) is 1.41. The predicted octanol–water partition coefficient (Wildman–Crippen LogP) is 0.253. The zero-order valence-electron chi connectivity index (χ0n) is 9.20. The zero-order chi connectivity index (χ0) is 11.5. The van der Waals surface area contributed by atoms with Crippen LogP contribution in [0.25, 0.3) is 0 Å². The van der Waals surface area contributed by atoms with Crippen molar-refractivity contribution >= 4 is 11.6 Å². The van der Waals surface area contributed by atoms with Crippen LogP contribution in [-0.2, 0) is 0 Å². The second kappa shape index (κ2) is 4.41. The number of nitrogens with one attached hydrogen (secondary N) is 2. The summed E-state index contributed by atoms with van der Waals surface area (Å²) in [7, 11) is 0. The molecule has 0 radical (unpaired) electrons. The normalized spacial score (nSPS) is 11.3. The Morgan fingerprint density at radius 2 is 2.00 bits per heavy atom. The van der Waals surface area contributed by atoms with Gasteiger partial charge in [0.05, 0.1) is 5.60 Å². The van der Waals surface area contributed by atoms with Gasteiger partial charge in [0.2, 0.25) is 0 Å². The molecule has 5 N–H and O–H groups in total. The lowest BCUT2D eigenvalue weighted by molar-refractivity contribution is 0.0944. The van der Waals surface area contributed by atoms with Gasteiger partial charge >= 0.3 is 0 Å². The van der Waals surface area contributed by atoms with Crippen molar-refractivity contribution in [1.29, 1.82) is 0 Å². The van der Waals surface area contributed by atoms with Crippen LogP contribution in [-0.4, -0.2) is 27.2 Å². The smallest absolute Gasteiger partial charge is 0.148 e. The van der Waals surface area contributed by atoms with Crippen molar-refractivity contribution in [2.75, 3.05) is 17.3 Å². The van der Waals surface area contributed by atoms with E-state index in [0.29, 0.717) is 18.2 Å². The van der Waals surface area contributed by atoms with E-state index in [1.54, 1.807) is 13.8 Å². The standard InChI is InChI=1S/C9H17N5O/c1-6-7(11-4-9(2,3)15)12-5-13-8(6)14-10/h5,15H,4,10H2,1-3H3,(H2,11,12,13,14). The molecule has 0 spiro atoms. The summed E-state index contributed by atoms with van der Waals surface area (Å²) >= 11 is 0. The summed E-state index contributed by atoms with van der Waals surface area (Å²) < 4.78 is 0. The van der Waals surface area contributed by atoms with E-state index in [9.17, 15) is 5.11 Å². The van der Waals surface area contributed by atoms with Crippen molar-refractivity contribution in [2.24, 2.45) is 5.84 Å². The van der Waals surface area contributed by atoms with Gasteiger partial charge < -0.3 is 15.8 Å². The maximum Gasteiger partial charge on any atom is 0.148 e. The maximum atomic E-state index is 9.55. The monoisotopic (exact) mass is 211 g/mol. The van der Waals surface area contributed by atoms with Crippen LogP contribution in [0.4, 0.5) is 11.6 Å². The lowest BCUT2D eigenvalue weighted by atomic mass is 10.1. The van der Waals surface area contributed by atoms with E-state index in [-0.39, 0.29) is 0 Å². The Labute approximate surface area is 88.9 Å². The van der Waals surface area contributed by atoms with Crippen molar-refractivity contribution in [3.05, 3.63) is 11.9 Å². The summed E-state index contributed by atoms with van der Waals surface area (Å²) in [6.45, 7) is 5.70. The topological polar surface area (TPSA) is 96.1 Å². The van der Waals surface area contributed by atoms with Crippen LogP contribution in [0.2, 0.25) is 0 Å². The maximum absolute atomic E-state index is 9.55. The van der Waals surface area contributed by atoms with E-state index in [1.165, 1.54) is 6.33 Å². The molecule has 1 heterocycles. The fourth-order valence-corrected chi connectivity index (χ4v) is 1.07. The van der Waals surface area contributed by atoms with E-state index in [4.69, 9.17) is 5.84 Å². The van der Waals surface area contributed by atoms with E-state index >= 15 is 0 Å². The molecule has 84 valence electrons. The molecule has 0 saturated heterocycles. The molecule has 15 heavy (non-hydrogen) atoms. The van der Waals surface area contributed by atoms with Gasteiger partial charge in [-0.15, -0.1) is 0 Å². The van der Waals surface area contributed by atoms with Gasteiger partial charge in [0, 0.05) is 12.1 Å². The van der Waals surface area contributed by atoms with Gasteiger partial charge in [0.25, 0.3) is 0 Å². The first-order valence-electron chi connectivity index (χ1n) is 4.68.